The van der Waals surface area contributed by atoms with Crippen LogP contribution in [-0.4, -0.2) is 29.4 Å². The highest BCUT2D eigenvalue weighted by Crippen LogP contribution is 2.18. The minimum absolute atomic E-state index is 0.0564. The third-order valence-electron chi connectivity index (χ3n) is 2.26. The van der Waals surface area contributed by atoms with Crippen LogP contribution >= 0.6 is 11.8 Å². The molecule has 0 radical (unpaired) electrons. The number of hydrogen-bond acceptors (Lipinski definition) is 4. The SMILES string of the molecule is CC1CN=C(NCC(=O)Nc2ccccc2)S1. The van der Waals surface area contributed by atoms with Crippen molar-refractivity contribution in [3.05, 3.63) is 30.3 Å². The van der Waals surface area contributed by atoms with Crippen molar-refractivity contribution >= 4 is 28.5 Å². The normalized spacial score (nSPS) is 18.6. The highest BCUT2D eigenvalue weighted by atomic mass is 32.2. The zero-order valence-corrected chi connectivity index (χ0v) is 10.5. The minimum Gasteiger partial charge on any atom is -0.356 e. The summed E-state index contributed by atoms with van der Waals surface area (Å²) >= 11 is 1.67. The molecule has 1 aromatic carbocycles. The monoisotopic (exact) mass is 249 g/mol. The third kappa shape index (κ3) is 3.78. The molecule has 5 heteroatoms. The maximum absolute atomic E-state index is 11.6. The Morgan fingerprint density at radius 1 is 1.47 bits per heavy atom. The van der Waals surface area contributed by atoms with Gasteiger partial charge in [-0.1, -0.05) is 36.9 Å². The molecule has 0 saturated heterocycles. The molecular weight excluding hydrogens is 234 g/mol. The molecule has 1 heterocycles. The van der Waals surface area contributed by atoms with Gasteiger partial charge in [-0.3, -0.25) is 9.79 Å². The predicted molar refractivity (Wildman–Crippen MR) is 72.4 cm³/mol. The van der Waals surface area contributed by atoms with Crippen molar-refractivity contribution in [2.24, 2.45) is 4.99 Å². The van der Waals surface area contributed by atoms with E-state index in [9.17, 15) is 4.79 Å². The predicted octanol–water partition coefficient (Wildman–Crippen LogP) is 1.71. The summed E-state index contributed by atoms with van der Waals surface area (Å²) < 4.78 is 0. The number of thioether (sulfide) groups is 1. The van der Waals surface area contributed by atoms with Gasteiger partial charge in [0.1, 0.15) is 0 Å². The van der Waals surface area contributed by atoms with Crippen LogP contribution in [0.2, 0.25) is 0 Å². The van der Waals surface area contributed by atoms with E-state index < -0.39 is 0 Å². The maximum atomic E-state index is 11.6. The number of nitrogens with one attached hydrogen (secondary N) is 2. The van der Waals surface area contributed by atoms with Gasteiger partial charge in [-0.25, -0.2) is 0 Å². The highest BCUT2D eigenvalue weighted by Gasteiger charge is 2.15. The number of aliphatic imine (C=N–C) groups is 1. The Balaban J connectivity index is 1.75. The van der Waals surface area contributed by atoms with Gasteiger partial charge in [-0.15, -0.1) is 0 Å². The molecule has 1 atom stereocenters. The molecule has 1 amide bonds. The largest absolute Gasteiger partial charge is 0.356 e. The molecule has 0 saturated carbocycles. The quantitative estimate of drug-likeness (QED) is 0.857. The first-order valence-electron chi connectivity index (χ1n) is 5.54. The van der Waals surface area contributed by atoms with E-state index in [0.29, 0.717) is 5.25 Å². The Morgan fingerprint density at radius 2 is 2.24 bits per heavy atom. The Kier molecular flexibility index (Phi) is 4.03. The topological polar surface area (TPSA) is 53.5 Å². The second-order valence-electron chi connectivity index (χ2n) is 3.84. The fourth-order valence-corrected chi connectivity index (χ4v) is 2.29. The number of amidine groups is 1. The maximum Gasteiger partial charge on any atom is 0.243 e. The van der Waals surface area contributed by atoms with Gasteiger partial charge < -0.3 is 10.6 Å². The summed E-state index contributed by atoms with van der Waals surface area (Å²) in [6, 6.07) is 9.42. The molecule has 2 N–H and O–H groups in total. The average Bonchev–Trinajstić information content (AvgIpc) is 2.74. The van der Waals surface area contributed by atoms with Crippen molar-refractivity contribution in [2.75, 3.05) is 18.4 Å². The van der Waals surface area contributed by atoms with Crippen LogP contribution in [0.4, 0.5) is 5.69 Å². The lowest BCUT2D eigenvalue weighted by Gasteiger charge is -2.07. The van der Waals surface area contributed by atoms with Crippen molar-refractivity contribution in [3.63, 3.8) is 0 Å². The molecule has 17 heavy (non-hydrogen) atoms. The number of anilines is 1. The Bertz CT molecular complexity index is 419. The number of carbonyl (C=O) groups is 1. The van der Waals surface area contributed by atoms with E-state index in [2.05, 4.69) is 22.5 Å². The Hall–Kier alpha value is -1.49. The zero-order valence-electron chi connectivity index (χ0n) is 9.64. The molecule has 1 aliphatic heterocycles. The smallest absolute Gasteiger partial charge is 0.243 e. The van der Waals surface area contributed by atoms with E-state index in [1.165, 1.54) is 0 Å². The van der Waals surface area contributed by atoms with E-state index in [-0.39, 0.29) is 12.5 Å². The fourth-order valence-electron chi connectivity index (χ4n) is 1.46. The molecular formula is C12H15N3OS. The molecule has 0 fully saturated rings. The summed E-state index contributed by atoms with van der Waals surface area (Å²) in [6.07, 6.45) is 0. The first-order valence-corrected chi connectivity index (χ1v) is 6.42. The van der Waals surface area contributed by atoms with E-state index in [1.807, 2.05) is 30.3 Å². The molecule has 0 aromatic heterocycles. The van der Waals surface area contributed by atoms with Crippen LogP contribution in [0.1, 0.15) is 6.92 Å². The van der Waals surface area contributed by atoms with Crippen molar-refractivity contribution in [2.45, 2.75) is 12.2 Å². The van der Waals surface area contributed by atoms with Gasteiger partial charge in [0.15, 0.2) is 5.17 Å². The molecule has 0 bridgehead atoms. The molecule has 1 aromatic rings. The Labute approximate surface area is 105 Å². The van der Waals surface area contributed by atoms with Crippen molar-refractivity contribution < 1.29 is 4.79 Å². The molecule has 2 rings (SSSR count). The lowest BCUT2D eigenvalue weighted by molar-refractivity contribution is -0.115. The van der Waals surface area contributed by atoms with Crippen LogP contribution in [0.15, 0.2) is 35.3 Å². The third-order valence-corrected chi connectivity index (χ3v) is 3.31. The first kappa shape index (κ1) is 12.0. The molecule has 0 spiro atoms. The Morgan fingerprint density at radius 3 is 2.88 bits per heavy atom. The van der Waals surface area contributed by atoms with Crippen molar-refractivity contribution in [1.82, 2.24) is 5.32 Å². The second-order valence-corrected chi connectivity index (χ2v) is 5.27. The van der Waals surface area contributed by atoms with Crippen LogP contribution in [0.25, 0.3) is 0 Å². The van der Waals surface area contributed by atoms with Crippen LogP contribution < -0.4 is 10.6 Å². The summed E-state index contributed by atoms with van der Waals surface area (Å²) in [5, 5.41) is 7.22. The summed E-state index contributed by atoms with van der Waals surface area (Å²) in [5.41, 5.74) is 0.814. The van der Waals surface area contributed by atoms with Gasteiger partial charge in [0.25, 0.3) is 0 Å². The summed E-state index contributed by atoms with van der Waals surface area (Å²) in [5.74, 6) is -0.0564. The van der Waals surface area contributed by atoms with E-state index >= 15 is 0 Å². The van der Waals surface area contributed by atoms with Crippen LogP contribution in [0, 0.1) is 0 Å². The summed E-state index contributed by atoms with van der Waals surface area (Å²) in [7, 11) is 0. The summed E-state index contributed by atoms with van der Waals surface area (Å²) in [6.45, 7) is 3.20. The number of nitrogens with zero attached hydrogens (tertiary/aromatic N) is 1. The van der Waals surface area contributed by atoms with Gasteiger partial charge in [-0.05, 0) is 12.1 Å². The highest BCUT2D eigenvalue weighted by molar-refractivity contribution is 8.14. The second kappa shape index (κ2) is 5.72. The lowest BCUT2D eigenvalue weighted by Crippen LogP contribution is -2.30. The number of para-hydroxylation sites is 1. The van der Waals surface area contributed by atoms with E-state index in [0.717, 1.165) is 17.4 Å². The van der Waals surface area contributed by atoms with Crippen LogP contribution in [0.3, 0.4) is 0 Å². The number of benzene rings is 1. The fraction of sp³-hybridized carbons (Fsp3) is 0.333. The molecule has 4 nitrogen and oxygen atoms in total. The van der Waals surface area contributed by atoms with Gasteiger partial charge >= 0.3 is 0 Å². The minimum atomic E-state index is -0.0564. The number of hydrogen-bond donors (Lipinski definition) is 2. The first-order chi connectivity index (χ1) is 8.24. The van der Waals surface area contributed by atoms with Crippen molar-refractivity contribution in [3.8, 4) is 0 Å². The molecule has 0 aliphatic carbocycles. The van der Waals surface area contributed by atoms with Gasteiger partial charge in [0.2, 0.25) is 5.91 Å². The van der Waals surface area contributed by atoms with Crippen molar-refractivity contribution in [1.29, 1.82) is 0 Å². The molecule has 90 valence electrons. The number of amides is 1. The average molecular weight is 249 g/mol. The van der Waals surface area contributed by atoms with Gasteiger partial charge in [-0.2, -0.15) is 0 Å². The standard InChI is InChI=1S/C12H15N3OS/c1-9-7-13-12(17-9)14-8-11(16)15-10-5-3-2-4-6-10/h2-6,9H,7-8H2,1H3,(H,13,14)(H,15,16). The number of carbonyl (C=O) groups excluding carboxylic acids is 1. The lowest BCUT2D eigenvalue weighted by atomic mass is 10.3. The number of rotatable bonds is 3. The zero-order chi connectivity index (χ0) is 12.1. The molecule has 1 unspecified atom stereocenters. The van der Waals surface area contributed by atoms with E-state index in [4.69, 9.17) is 0 Å². The summed E-state index contributed by atoms with van der Waals surface area (Å²) in [4.78, 5) is 15.9. The van der Waals surface area contributed by atoms with Crippen LogP contribution in [0.5, 0.6) is 0 Å². The van der Waals surface area contributed by atoms with Crippen LogP contribution in [-0.2, 0) is 4.79 Å². The van der Waals surface area contributed by atoms with E-state index in [1.54, 1.807) is 11.8 Å². The molecule has 1 aliphatic rings. The van der Waals surface area contributed by atoms with Gasteiger partial charge in [0.05, 0.1) is 13.1 Å². The van der Waals surface area contributed by atoms with Gasteiger partial charge in [0, 0.05) is 10.9 Å².